The third-order valence-corrected chi connectivity index (χ3v) is 2.73. The number of hydrogen-bond acceptors (Lipinski definition) is 4. The average molecular weight is 217 g/mol. The molecule has 84 valence electrons. The van der Waals surface area contributed by atoms with E-state index in [0.717, 1.165) is 16.7 Å². The number of hydrogen-bond donors (Lipinski definition) is 2. The zero-order valence-electron chi connectivity index (χ0n) is 9.65. The van der Waals surface area contributed by atoms with Gasteiger partial charge >= 0.3 is 0 Å². The second-order valence-corrected chi connectivity index (χ2v) is 3.93. The van der Waals surface area contributed by atoms with Gasteiger partial charge < -0.3 is 11.5 Å². The highest BCUT2D eigenvalue weighted by molar-refractivity contribution is 5.67. The van der Waals surface area contributed by atoms with Crippen molar-refractivity contribution in [3.63, 3.8) is 0 Å². The van der Waals surface area contributed by atoms with Crippen molar-refractivity contribution in [2.75, 3.05) is 11.5 Å². The van der Waals surface area contributed by atoms with Crippen molar-refractivity contribution in [2.45, 2.75) is 13.8 Å². The first kappa shape index (κ1) is 10.5. The van der Waals surface area contributed by atoms with Crippen LogP contribution in [0.2, 0.25) is 0 Å². The SMILES string of the molecule is Cc1cc(N)cc(-c2nc(N)n(C)n2)c1C. The van der Waals surface area contributed by atoms with Crippen LogP contribution in [0.1, 0.15) is 11.1 Å². The van der Waals surface area contributed by atoms with E-state index in [1.807, 2.05) is 26.0 Å². The number of nitrogens with zero attached hydrogens (tertiary/aromatic N) is 3. The van der Waals surface area contributed by atoms with Gasteiger partial charge in [0, 0.05) is 18.3 Å². The Balaban J connectivity index is 2.63. The van der Waals surface area contributed by atoms with E-state index in [-0.39, 0.29) is 0 Å². The lowest BCUT2D eigenvalue weighted by molar-refractivity contribution is 0.780. The largest absolute Gasteiger partial charge is 0.399 e. The minimum atomic E-state index is 0.398. The third-order valence-electron chi connectivity index (χ3n) is 2.73. The maximum atomic E-state index is 5.82. The Morgan fingerprint density at radius 2 is 1.88 bits per heavy atom. The summed E-state index contributed by atoms with van der Waals surface area (Å²) in [4.78, 5) is 4.20. The molecule has 0 bridgehead atoms. The molecule has 1 aromatic heterocycles. The first-order valence-corrected chi connectivity index (χ1v) is 5.02. The predicted molar refractivity (Wildman–Crippen MR) is 64.7 cm³/mol. The molecule has 5 nitrogen and oxygen atoms in total. The van der Waals surface area contributed by atoms with Gasteiger partial charge in [-0.25, -0.2) is 4.68 Å². The van der Waals surface area contributed by atoms with E-state index >= 15 is 0 Å². The molecule has 0 spiro atoms. The molecule has 1 aromatic carbocycles. The molecule has 0 saturated carbocycles. The van der Waals surface area contributed by atoms with Gasteiger partial charge in [-0.2, -0.15) is 4.98 Å². The van der Waals surface area contributed by atoms with Gasteiger partial charge in [0.05, 0.1) is 0 Å². The summed E-state index contributed by atoms with van der Waals surface area (Å²) in [6, 6.07) is 3.81. The molecule has 0 amide bonds. The molecule has 16 heavy (non-hydrogen) atoms. The van der Waals surface area contributed by atoms with Gasteiger partial charge in [0.2, 0.25) is 5.95 Å². The molecule has 4 N–H and O–H groups in total. The molecule has 2 aromatic rings. The third kappa shape index (κ3) is 1.60. The van der Waals surface area contributed by atoms with Gasteiger partial charge in [0.25, 0.3) is 0 Å². The zero-order valence-corrected chi connectivity index (χ0v) is 9.65. The van der Waals surface area contributed by atoms with E-state index in [9.17, 15) is 0 Å². The number of aromatic nitrogens is 3. The smallest absolute Gasteiger partial charge is 0.218 e. The number of aryl methyl sites for hydroxylation is 2. The van der Waals surface area contributed by atoms with Crippen LogP contribution >= 0.6 is 0 Å². The minimum Gasteiger partial charge on any atom is -0.399 e. The molecule has 0 fully saturated rings. The first-order valence-electron chi connectivity index (χ1n) is 5.02. The lowest BCUT2D eigenvalue weighted by Gasteiger charge is -2.06. The number of rotatable bonds is 1. The molecule has 0 radical (unpaired) electrons. The van der Waals surface area contributed by atoms with Crippen LogP contribution < -0.4 is 11.5 Å². The van der Waals surface area contributed by atoms with Crippen molar-refractivity contribution in [3.05, 3.63) is 23.3 Å². The molecule has 0 aliphatic heterocycles. The van der Waals surface area contributed by atoms with Crippen LogP contribution in [0, 0.1) is 13.8 Å². The molecule has 5 heteroatoms. The fourth-order valence-corrected chi connectivity index (χ4v) is 1.63. The molecule has 0 unspecified atom stereocenters. The summed E-state index contributed by atoms with van der Waals surface area (Å²) in [7, 11) is 1.76. The minimum absolute atomic E-state index is 0.398. The first-order chi connectivity index (χ1) is 7.49. The molecule has 1 heterocycles. The Hall–Kier alpha value is -2.04. The number of nitrogen functional groups attached to an aromatic ring is 2. The maximum Gasteiger partial charge on any atom is 0.218 e. The number of anilines is 2. The second-order valence-electron chi connectivity index (χ2n) is 3.93. The van der Waals surface area contributed by atoms with Gasteiger partial charge in [-0.15, -0.1) is 5.10 Å². The van der Waals surface area contributed by atoms with Crippen molar-refractivity contribution in [1.29, 1.82) is 0 Å². The van der Waals surface area contributed by atoms with E-state index in [2.05, 4.69) is 10.1 Å². The highest BCUT2D eigenvalue weighted by atomic mass is 15.4. The van der Waals surface area contributed by atoms with Crippen LogP contribution in [0.4, 0.5) is 11.6 Å². The summed E-state index contributed by atoms with van der Waals surface area (Å²) in [5.74, 6) is 1.02. The average Bonchev–Trinajstić information content (AvgIpc) is 2.53. The molecule has 0 saturated heterocycles. The van der Waals surface area contributed by atoms with Crippen molar-refractivity contribution < 1.29 is 0 Å². The van der Waals surface area contributed by atoms with Crippen LogP contribution in [-0.4, -0.2) is 14.8 Å². The molecular weight excluding hydrogens is 202 g/mol. The monoisotopic (exact) mass is 217 g/mol. The van der Waals surface area contributed by atoms with Crippen LogP contribution in [0.15, 0.2) is 12.1 Å². The summed E-state index contributed by atoms with van der Waals surface area (Å²) >= 11 is 0. The molecule has 2 rings (SSSR count). The van der Waals surface area contributed by atoms with Crippen molar-refractivity contribution in [1.82, 2.24) is 14.8 Å². The summed E-state index contributed by atoms with van der Waals surface area (Å²) in [6.45, 7) is 4.04. The van der Waals surface area contributed by atoms with Gasteiger partial charge in [-0.1, -0.05) is 0 Å². The van der Waals surface area contributed by atoms with Gasteiger partial charge in [-0.3, -0.25) is 0 Å². The highest BCUT2D eigenvalue weighted by Gasteiger charge is 2.11. The Morgan fingerprint density at radius 1 is 1.19 bits per heavy atom. The highest BCUT2D eigenvalue weighted by Crippen LogP contribution is 2.26. The zero-order chi connectivity index (χ0) is 11.9. The van der Waals surface area contributed by atoms with E-state index in [0.29, 0.717) is 17.5 Å². The fraction of sp³-hybridized carbons (Fsp3) is 0.273. The molecule has 0 aliphatic rings. The van der Waals surface area contributed by atoms with E-state index < -0.39 is 0 Å². The van der Waals surface area contributed by atoms with Crippen molar-refractivity contribution in [3.8, 4) is 11.4 Å². The number of nitrogens with two attached hydrogens (primary N) is 2. The Labute approximate surface area is 94.1 Å². The van der Waals surface area contributed by atoms with Crippen LogP contribution in [0.5, 0.6) is 0 Å². The van der Waals surface area contributed by atoms with E-state index in [4.69, 9.17) is 11.5 Å². The quantitative estimate of drug-likeness (QED) is 0.704. The van der Waals surface area contributed by atoms with E-state index in [1.165, 1.54) is 0 Å². The topological polar surface area (TPSA) is 82.7 Å². The summed E-state index contributed by atoms with van der Waals surface area (Å²) in [5, 5.41) is 4.25. The summed E-state index contributed by atoms with van der Waals surface area (Å²) in [6.07, 6.45) is 0. The maximum absolute atomic E-state index is 5.82. The fourth-order valence-electron chi connectivity index (χ4n) is 1.63. The lowest BCUT2D eigenvalue weighted by atomic mass is 10.0. The summed E-state index contributed by atoms with van der Waals surface area (Å²) < 4.78 is 1.55. The number of benzene rings is 1. The summed E-state index contributed by atoms with van der Waals surface area (Å²) in [5.41, 5.74) is 15.4. The van der Waals surface area contributed by atoms with E-state index in [1.54, 1.807) is 11.7 Å². The standard InChI is InChI=1S/C11H15N5/c1-6-4-8(12)5-9(7(6)2)10-14-11(13)16(3)15-10/h4-5H,12H2,1-3H3,(H2,13,14,15). The lowest BCUT2D eigenvalue weighted by Crippen LogP contribution is -1.97. The Kier molecular flexibility index (Phi) is 2.30. The second kappa shape index (κ2) is 3.52. The van der Waals surface area contributed by atoms with Crippen molar-refractivity contribution >= 4 is 11.6 Å². The molecular formula is C11H15N5. The molecule has 0 aliphatic carbocycles. The predicted octanol–water partition coefficient (Wildman–Crippen LogP) is 1.26. The van der Waals surface area contributed by atoms with Crippen molar-refractivity contribution in [2.24, 2.45) is 7.05 Å². The van der Waals surface area contributed by atoms with Gasteiger partial charge in [0.1, 0.15) is 0 Å². The Morgan fingerprint density at radius 3 is 2.44 bits per heavy atom. The van der Waals surface area contributed by atoms with Crippen LogP contribution in [0.25, 0.3) is 11.4 Å². The van der Waals surface area contributed by atoms with Crippen LogP contribution in [-0.2, 0) is 7.05 Å². The normalized spacial score (nSPS) is 10.7. The molecule has 0 atom stereocenters. The van der Waals surface area contributed by atoms with Gasteiger partial charge in [0.15, 0.2) is 5.82 Å². The Bertz CT molecular complexity index is 522. The van der Waals surface area contributed by atoms with Gasteiger partial charge in [-0.05, 0) is 37.1 Å². The van der Waals surface area contributed by atoms with Crippen LogP contribution in [0.3, 0.4) is 0 Å².